The van der Waals surface area contributed by atoms with Crippen molar-refractivity contribution in [2.24, 2.45) is 0 Å². The highest BCUT2D eigenvalue weighted by Gasteiger charge is 2.31. The monoisotopic (exact) mass is 318 g/mol. The first-order valence-electron chi connectivity index (χ1n) is 6.92. The molecule has 1 unspecified atom stereocenters. The van der Waals surface area contributed by atoms with E-state index in [1.54, 1.807) is 19.0 Å². The first-order valence-corrected chi connectivity index (χ1v) is 6.92. The van der Waals surface area contributed by atoms with E-state index < -0.39 is 17.8 Å². The number of likely N-dealkylation sites (N-methyl/N-ethyl adjacent to an activating group) is 2. The van der Waals surface area contributed by atoms with Crippen LogP contribution in [0.4, 0.5) is 13.2 Å². The molecule has 0 spiro atoms. The molecule has 124 valence electrons. The van der Waals surface area contributed by atoms with Crippen molar-refractivity contribution in [3.63, 3.8) is 0 Å². The molecular weight excluding hydrogens is 297 g/mol. The molecule has 4 nitrogen and oxygen atoms in total. The van der Waals surface area contributed by atoms with Crippen molar-refractivity contribution in [2.75, 3.05) is 33.7 Å². The van der Waals surface area contributed by atoms with Crippen LogP contribution in [0.25, 0.3) is 0 Å². The zero-order valence-electron chi connectivity index (χ0n) is 12.9. The van der Waals surface area contributed by atoms with Crippen molar-refractivity contribution in [1.29, 1.82) is 0 Å². The number of aliphatic hydroxyl groups excluding tert-OH is 1. The highest BCUT2D eigenvalue weighted by atomic mass is 19.4. The molecule has 1 atom stereocenters. The molecule has 0 saturated heterocycles. The fraction of sp³-hybridized carbons (Fsp3) is 0.533. The summed E-state index contributed by atoms with van der Waals surface area (Å²) in [4.78, 5) is 14.8. The molecule has 0 saturated carbocycles. The second kappa shape index (κ2) is 7.60. The Morgan fingerprint density at radius 1 is 1.32 bits per heavy atom. The summed E-state index contributed by atoms with van der Waals surface area (Å²) in [5, 5.41) is 10.1. The van der Waals surface area contributed by atoms with Crippen LogP contribution in [0.15, 0.2) is 24.3 Å². The van der Waals surface area contributed by atoms with E-state index in [1.807, 2.05) is 6.92 Å². The number of hydrogen-bond donors (Lipinski definition) is 1. The predicted octanol–water partition coefficient (Wildman–Crippen LogP) is 2.15. The Bertz CT molecular complexity index is 504. The van der Waals surface area contributed by atoms with E-state index in [1.165, 1.54) is 17.0 Å². The van der Waals surface area contributed by atoms with Crippen molar-refractivity contribution < 1.29 is 23.1 Å². The highest BCUT2D eigenvalue weighted by Crippen LogP contribution is 2.30. The van der Waals surface area contributed by atoms with Crippen molar-refractivity contribution >= 4 is 5.91 Å². The molecule has 0 aliphatic heterocycles. The Morgan fingerprint density at radius 2 is 1.95 bits per heavy atom. The van der Waals surface area contributed by atoms with Gasteiger partial charge in [-0.15, -0.1) is 0 Å². The summed E-state index contributed by atoms with van der Waals surface area (Å²) >= 11 is 0. The van der Waals surface area contributed by atoms with E-state index in [0.717, 1.165) is 12.1 Å². The molecule has 1 amide bonds. The van der Waals surface area contributed by atoms with E-state index in [4.69, 9.17) is 0 Å². The van der Waals surface area contributed by atoms with Crippen LogP contribution in [0.1, 0.15) is 24.2 Å². The summed E-state index contributed by atoms with van der Waals surface area (Å²) in [6, 6.07) is 4.61. The average Bonchev–Trinajstić information content (AvgIpc) is 2.45. The third kappa shape index (κ3) is 5.31. The fourth-order valence-electron chi connectivity index (χ4n) is 1.91. The molecule has 0 aliphatic carbocycles. The third-order valence-corrected chi connectivity index (χ3v) is 3.33. The molecule has 0 aromatic heterocycles. The van der Waals surface area contributed by atoms with Crippen LogP contribution in [0.3, 0.4) is 0 Å². The second-order valence-corrected chi connectivity index (χ2v) is 5.25. The first-order chi connectivity index (χ1) is 10.1. The number of carbonyl (C=O) groups excluding carboxylic acids is 1. The number of hydrogen-bond acceptors (Lipinski definition) is 3. The number of benzene rings is 1. The number of aliphatic hydroxyl groups is 1. The van der Waals surface area contributed by atoms with Gasteiger partial charge in [0.15, 0.2) is 0 Å². The number of rotatable bonds is 6. The first kappa shape index (κ1) is 18.4. The van der Waals surface area contributed by atoms with Gasteiger partial charge in [-0.1, -0.05) is 19.1 Å². The van der Waals surface area contributed by atoms with Crippen LogP contribution < -0.4 is 0 Å². The molecule has 1 aromatic carbocycles. The molecule has 0 radical (unpaired) electrons. The minimum atomic E-state index is -4.44. The normalized spacial score (nSPS) is 13.3. The molecule has 0 heterocycles. The number of amides is 1. The van der Waals surface area contributed by atoms with E-state index in [9.17, 15) is 23.1 Å². The second-order valence-electron chi connectivity index (χ2n) is 5.25. The maximum absolute atomic E-state index is 12.7. The van der Waals surface area contributed by atoms with Crippen molar-refractivity contribution in [1.82, 2.24) is 9.80 Å². The van der Waals surface area contributed by atoms with E-state index >= 15 is 0 Å². The number of halogens is 3. The van der Waals surface area contributed by atoms with Crippen LogP contribution in [0.5, 0.6) is 0 Å². The molecule has 0 bridgehead atoms. The summed E-state index contributed by atoms with van der Waals surface area (Å²) in [5.41, 5.74) is -0.609. The molecule has 1 N–H and O–H groups in total. The topological polar surface area (TPSA) is 43.8 Å². The van der Waals surface area contributed by atoms with Crippen molar-refractivity contribution in [3.8, 4) is 0 Å². The van der Waals surface area contributed by atoms with Crippen LogP contribution in [0, 0.1) is 0 Å². The van der Waals surface area contributed by atoms with Gasteiger partial charge in [0.1, 0.15) is 0 Å². The quantitative estimate of drug-likeness (QED) is 0.874. The van der Waals surface area contributed by atoms with E-state index in [2.05, 4.69) is 0 Å². The van der Waals surface area contributed by atoms with Gasteiger partial charge in [-0.05, 0) is 24.2 Å². The minimum Gasteiger partial charge on any atom is -0.387 e. The lowest BCUT2D eigenvalue weighted by molar-refractivity contribution is -0.137. The van der Waals surface area contributed by atoms with Gasteiger partial charge in [0.2, 0.25) is 5.91 Å². The highest BCUT2D eigenvalue weighted by molar-refractivity contribution is 5.77. The van der Waals surface area contributed by atoms with Crippen molar-refractivity contribution in [3.05, 3.63) is 35.4 Å². The number of carbonyl (C=O) groups is 1. The van der Waals surface area contributed by atoms with Gasteiger partial charge in [-0.25, -0.2) is 0 Å². The maximum Gasteiger partial charge on any atom is 0.416 e. The van der Waals surface area contributed by atoms with Gasteiger partial charge >= 0.3 is 6.18 Å². The zero-order valence-corrected chi connectivity index (χ0v) is 12.9. The Kier molecular flexibility index (Phi) is 6.37. The summed E-state index contributed by atoms with van der Waals surface area (Å²) in [5.74, 6) is -0.127. The largest absolute Gasteiger partial charge is 0.416 e. The van der Waals surface area contributed by atoms with Crippen LogP contribution in [0.2, 0.25) is 0 Å². The van der Waals surface area contributed by atoms with Gasteiger partial charge in [0.25, 0.3) is 0 Å². The summed E-state index contributed by atoms with van der Waals surface area (Å²) in [6.07, 6.45) is -5.53. The molecule has 0 aliphatic rings. The summed E-state index contributed by atoms with van der Waals surface area (Å²) in [6.45, 7) is 2.54. The Morgan fingerprint density at radius 3 is 2.45 bits per heavy atom. The Balaban J connectivity index is 2.79. The predicted molar refractivity (Wildman–Crippen MR) is 77.2 cm³/mol. The summed E-state index contributed by atoms with van der Waals surface area (Å²) in [7, 11) is 3.25. The van der Waals surface area contributed by atoms with Gasteiger partial charge in [0.05, 0.1) is 18.2 Å². The van der Waals surface area contributed by atoms with Crippen LogP contribution in [-0.2, 0) is 11.0 Å². The molecular formula is C15H21F3N2O2. The number of alkyl halides is 3. The SMILES string of the molecule is CCN(CC(=O)N(C)C)CC(O)c1cccc(C(F)(F)F)c1. The zero-order chi connectivity index (χ0) is 16.9. The van der Waals surface area contributed by atoms with Crippen molar-refractivity contribution in [2.45, 2.75) is 19.2 Å². The summed E-state index contributed by atoms with van der Waals surface area (Å²) < 4.78 is 38.0. The van der Waals surface area contributed by atoms with Gasteiger partial charge in [-0.2, -0.15) is 13.2 Å². The van der Waals surface area contributed by atoms with Gasteiger partial charge < -0.3 is 10.0 Å². The molecule has 0 fully saturated rings. The maximum atomic E-state index is 12.7. The number of nitrogens with zero attached hydrogens (tertiary/aromatic N) is 2. The van der Waals surface area contributed by atoms with Crippen LogP contribution in [-0.4, -0.2) is 54.5 Å². The third-order valence-electron chi connectivity index (χ3n) is 3.33. The Labute approximate surface area is 128 Å². The smallest absolute Gasteiger partial charge is 0.387 e. The average molecular weight is 318 g/mol. The molecule has 1 rings (SSSR count). The van der Waals surface area contributed by atoms with Gasteiger partial charge in [-0.3, -0.25) is 9.69 Å². The molecule has 7 heteroatoms. The Hall–Kier alpha value is -1.60. The van der Waals surface area contributed by atoms with E-state index in [0.29, 0.717) is 6.54 Å². The lowest BCUT2D eigenvalue weighted by Crippen LogP contribution is -2.38. The lowest BCUT2D eigenvalue weighted by atomic mass is 10.1. The fourth-order valence-corrected chi connectivity index (χ4v) is 1.91. The van der Waals surface area contributed by atoms with Crippen LogP contribution >= 0.6 is 0 Å². The molecule has 1 aromatic rings. The standard InChI is InChI=1S/C15H21F3N2O2/c1-4-20(10-14(22)19(2)3)9-13(21)11-6-5-7-12(8-11)15(16,17)18/h5-8,13,21H,4,9-10H2,1-3H3. The molecule has 22 heavy (non-hydrogen) atoms. The van der Waals surface area contributed by atoms with E-state index in [-0.39, 0.29) is 24.6 Å². The lowest BCUT2D eigenvalue weighted by Gasteiger charge is -2.25. The minimum absolute atomic E-state index is 0.0946. The van der Waals surface area contributed by atoms with Gasteiger partial charge in [0, 0.05) is 20.6 Å².